The molecule has 148 valence electrons. The van der Waals surface area contributed by atoms with Crippen LogP contribution in [0.5, 0.6) is 0 Å². The number of nitrogens with one attached hydrogen (secondary N) is 1. The second-order valence-corrected chi connectivity index (χ2v) is 7.57. The molecule has 4 rings (SSSR count). The molecule has 2 aromatic heterocycles. The van der Waals surface area contributed by atoms with Gasteiger partial charge in [-0.1, -0.05) is 18.2 Å². The van der Waals surface area contributed by atoms with Crippen molar-refractivity contribution < 1.29 is 13.6 Å². The van der Waals surface area contributed by atoms with Gasteiger partial charge in [-0.3, -0.25) is 9.69 Å². The molecule has 0 radical (unpaired) electrons. The van der Waals surface area contributed by atoms with E-state index < -0.39 is 0 Å². The molecule has 6 nitrogen and oxygen atoms in total. The number of fused-ring (bicyclic) bond motifs is 1. The fraction of sp³-hybridized carbons (Fsp3) is 0.409. The summed E-state index contributed by atoms with van der Waals surface area (Å²) in [4.78, 5) is 17.5. The van der Waals surface area contributed by atoms with E-state index in [1.807, 2.05) is 50.2 Å². The van der Waals surface area contributed by atoms with Crippen LogP contribution in [-0.2, 0) is 0 Å². The standard InChI is InChI=1S/C22H27N3O3/c1-15-8-9-20(27-15)18(25-12-10-24(3)11-13-25)14-23-22(26)21-16(2)17-6-4-5-7-19(17)28-21/h4-9,18H,10-14H2,1-3H3,(H,23,26). The van der Waals surface area contributed by atoms with E-state index >= 15 is 0 Å². The van der Waals surface area contributed by atoms with Gasteiger partial charge >= 0.3 is 0 Å². The van der Waals surface area contributed by atoms with Gasteiger partial charge in [-0.2, -0.15) is 0 Å². The number of carbonyl (C=O) groups excluding carboxylic acids is 1. The summed E-state index contributed by atoms with van der Waals surface area (Å²) in [7, 11) is 2.13. The first-order chi connectivity index (χ1) is 13.5. The minimum Gasteiger partial charge on any atom is -0.465 e. The smallest absolute Gasteiger partial charge is 0.287 e. The number of piperazine rings is 1. The van der Waals surface area contributed by atoms with Crippen molar-refractivity contribution in [3.05, 3.63) is 59.2 Å². The topological polar surface area (TPSA) is 61.9 Å². The summed E-state index contributed by atoms with van der Waals surface area (Å²) in [6, 6.07) is 11.7. The number of benzene rings is 1. The number of hydrogen-bond acceptors (Lipinski definition) is 5. The van der Waals surface area contributed by atoms with Crippen LogP contribution in [0, 0.1) is 13.8 Å². The molecule has 6 heteroatoms. The molecule has 1 aromatic carbocycles. The highest BCUT2D eigenvalue weighted by molar-refractivity contribution is 5.98. The van der Waals surface area contributed by atoms with Gasteiger partial charge in [0.2, 0.25) is 0 Å². The Bertz CT molecular complexity index is 966. The second kappa shape index (κ2) is 7.81. The van der Waals surface area contributed by atoms with Crippen LogP contribution in [0.25, 0.3) is 11.0 Å². The maximum Gasteiger partial charge on any atom is 0.287 e. The maximum absolute atomic E-state index is 12.8. The average molecular weight is 381 g/mol. The molecule has 3 heterocycles. The van der Waals surface area contributed by atoms with Crippen molar-refractivity contribution in [2.75, 3.05) is 39.8 Å². The van der Waals surface area contributed by atoms with Crippen molar-refractivity contribution in [1.29, 1.82) is 0 Å². The van der Waals surface area contributed by atoms with Crippen LogP contribution in [0.4, 0.5) is 0 Å². The van der Waals surface area contributed by atoms with Gasteiger partial charge in [0, 0.05) is 43.7 Å². The predicted octanol–water partition coefficient (Wildman–Crippen LogP) is 3.36. The minimum absolute atomic E-state index is 0.0102. The molecule has 0 aliphatic carbocycles. The molecule has 1 atom stereocenters. The third-order valence-corrected chi connectivity index (χ3v) is 5.57. The van der Waals surface area contributed by atoms with Crippen LogP contribution in [0.3, 0.4) is 0 Å². The van der Waals surface area contributed by atoms with Crippen LogP contribution in [0.1, 0.15) is 33.7 Å². The van der Waals surface area contributed by atoms with Gasteiger partial charge in [-0.05, 0) is 39.1 Å². The van der Waals surface area contributed by atoms with Crippen molar-refractivity contribution in [2.45, 2.75) is 19.9 Å². The van der Waals surface area contributed by atoms with E-state index in [2.05, 4.69) is 22.2 Å². The SMILES string of the molecule is Cc1ccc(C(CNC(=O)c2oc3ccccc3c2C)N2CCN(C)CC2)o1. The largest absolute Gasteiger partial charge is 0.465 e. The number of para-hydroxylation sites is 1. The highest BCUT2D eigenvalue weighted by Crippen LogP contribution is 2.26. The van der Waals surface area contributed by atoms with E-state index in [1.165, 1.54) is 0 Å². The Hall–Kier alpha value is -2.57. The van der Waals surface area contributed by atoms with Crippen molar-refractivity contribution in [2.24, 2.45) is 0 Å². The van der Waals surface area contributed by atoms with E-state index in [1.54, 1.807) is 0 Å². The van der Waals surface area contributed by atoms with Crippen molar-refractivity contribution in [3.63, 3.8) is 0 Å². The van der Waals surface area contributed by atoms with Gasteiger partial charge in [-0.15, -0.1) is 0 Å². The Morgan fingerprint density at radius 1 is 1.07 bits per heavy atom. The Morgan fingerprint density at radius 3 is 2.50 bits per heavy atom. The molecule has 1 amide bonds. The van der Waals surface area contributed by atoms with Gasteiger partial charge in [0.15, 0.2) is 5.76 Å². The van der Waals surface area contributed by atoms with Gasteiger partial charge in [0.25, 0.3) is 5.91 Å². The molecule has 28 heavy (non-hydrogen) atoms. The summed E-state index contributed by atoms with van der Waals surface area (Å²) >= 11 is 0. The van der Waals surface area contributed by atoms with Crippen LogP contribution < -0.4 is 5.32 Å². The van der Waals surface area contributed by atoms with Crippen molar-refractivity contribution >= 4 is 16.9 Å². The van der Waals surface area contributed by atoms with Crippen molar-refractivity contribution in [3.8, 4) is 0 Å². The number of furan rings is 2. The first kappa shape index (κ1) is 18.8. The van der Waals surface area contributed by atoms with E-state index in [0.717, 1.165) is 54.2 Å². The van der Waals surface area contributed by atoms with Gasteiger partial charge in [-0.25, -0.2) is 0 Å². The quantitative estimate of drug-likeness (QED) is 0.734. The van der Waals surface area contributed by atoms with E-state index in [0.29, 0.717) is 12.3 Å². The van der Waals surface area contributed by atoms with E-state index in [-0.39, 0.29) is 11.9 Å². The third-order valence-electron chi connectivity index (χ3n) is 5.57. The van der Waals surface area contributed by atoms with Crippen molar-refractivity contribution in [1.82, 2.24) is 15.1 Å². The lowest BCUT2D eigenvalue weighted by molar-refractivity contribution is 0.0831. The normalized spacial score (nSPS) is 17.1. The lowest BCUT2D eigenvalue weighted by Crippen LogP contribution is -2.48. The van der Waals surface area contributed by atoms with Crippen LogP contribution in [0.2, 0.25) is 0 Å². The number of hydrogen-bond donors (Lipinski definition) is 1. The molecule has 1 saturated heterocycles. The lowest BCUT2D eigenvalue weighted by Gasteiger charge is -2.37. The lowest BCUT2D eigenvalue weighted by atomic mass is 10.1. The predicted molar refractivity (Wildman–Crippen MR) is 109 cm³/mol. The zero-order chi connectivity index (χ0) is 19.7. The molecule has 1 unspecified atom stereocenters. The molecule has 3 aromatic rings. The fourth-order valence-corrected chi connectivity index (χ4v) is 3.84. The molecule has 1 aliphatic rings. The summed E-state index contributed by atoms with van der Waals surface area (Å²) in [5, 5.41) is 4.05. The molecule has 0 bridgehead atoms. The molecule has 0 spiro atoms. The Kier molecular flexibility index (Phi) is 5.24. The molecule has 1 N–H and O–H groups in total. The van der Waals surface area contributed by atoms with E-state index in [4.69, 9.17) is 8.83 Å². The summed E-state index contributed by atoms with van der Waals surface area (Å²) in [5.74, 6) is 1.97. The molecule has 0 saturated carbocycles. The highest BCUT2D eigenvalue weighted by Gasteiger charge is 2.27. The van der Waals surface area contributed by atoms with Gasteiger partial charge in [0.05, 0.1) is 6.04 Å². The number of nitrogens with zero attached hydrogens (tertiary/aromatic N) is 2. The van der Waals surface area contributed by atoms with Gasteiger partial charge in [0.1, 0.15) is 17.1 Å². The first-order valence-electron chi connectivity index (χ1n) is 9.78. The average Bonchev–Trinajstić information content (AvgIpc) is 3.27. The monoisotopic (exact) mass is 381 g/mol. The molecule has 1 aliphatic heterocycles. The molecule has 1 fully saturated rings. The van der Waals surface area contributed by atoms with Crippen LogP contribution in [-0.4, -0.2) is 55.5 Å². The van der Waals surface area contributed by atoms with Gasteiger partial charge < -0.3 is 19.1 Å². The Balaban J connectivity index is 1.51. The minimum atomic E-state index is -0.184. The van der Waals surface area contributed by atoms with E-state index in [9.17, 15) is 4.79 Å². The zero-order valence-corrected chi connectivity index (χ0v) is 16.7. The summed E-state index contributed by atoms with van der Waals surface area (Å²) in [5.41, 5.74) is 1.61. The summed E-state index contributed by atoms with van der Waals surface area (Å²) < 4.78 is 11.7. The first-order valence-corrected chi connectivity index (χ1v) is 9.78. The number of carbonyl (C=O) groups is 1. The zero-order valence-electron chi connectivity index (χ0n) is 16.7. The summed E-state index contributed by atoms with van der Waals surface area (Å²) in [6.45, 7) is 8.25. The molecular formula is C22H27N3O3. The number of aryl methyl sites for hydroxylation is 2. The fourth-order valence-electron chi connectivity index (χ4n) is 3.84. The number of rotatable bonds is 5. The highest BCUT2D eigenvalue weighted by atomic mass is 16.3. The Morgan fingerprint density at radius 2 is 1.82 bits per heavy atom. The van der Waals surface area contributed by atoms with Crippen LogP contribution in [0.15, 0.2) is 45.2 Å². The molecular weight excluding hydrogens is 354 g/mol. The third kappa shape index (κ3) is 3.70. The number of likely N-dealkylation sites (N-methyl/N-ethyl adjacent to an activating group) is 1. The Labute approximate surface area is 165 Å². The number of amides is 1. The second-order valence-electron chi connectivity index (χ2n) is 7.57. The van der Waals surface area contributed by atoms with Crippen LogP contribution >= 0.6 is 0 Å². The summed E-state index contributed by atoms with van der Waals surface area (Å²) in [6.07, 6.45) is 0. The maximum atomic E-state index is 12.8.